The van der Waals surface area contributed by atoms with Crippen LogP contribution in [0.5, 0.6) is 0 Å². The first kappa shape index (κ1) is 10.9. The summed E-state index contributed by atoms with van der Waals surface area (Å²) in [6.45, 7) is 0. The van der Waals surface area contributed by atoms with E-state index in [1.165, 1.54) is 0 Å². The van der Waals surface area contributed by atoms with Gasteiger partial charge in [0.2, 0.25) is 0 Å². The Balaban J connectivity index is 0.000000165. The lowest BCUT2D eigenvalue weighted by Crippen LogP contribution is -1.73. The second-order valence-corrected chi connectivity index (χ2v) is 4.34. The van der Waals surface area contributed by atoms with Crippen molar-refractivity contribution in [2.45, 2.75) is 4.90 Å². The molecule has 0 saturated heterocycles. The Morgan fingerprint density at radius 1 is 1.00 bits per heavy atom. The van der Waals surface area contributed by atoms with E-state index in [1.807, 2.05) is 29.0 Å². The standard InChI is InChI=1S/C6H7NOS.C4H4S/c7-9(8)6-4-2-1-3-5-6;1-2-4-5-3-1/h1-5,7,9H;1-4H. The summed E-state index contributed by atoms with van der Waals surface area (Å²) in [4.78, 5) is 0.590. The van der Waals surface area contributed by atoms with E-state index in [1.54, 1.807) is 35.6 Å². The fourth-order valence-corrected chi connectivity index (χ4v) is 1.69. The van der Waals surface area contributed by atoms with E-state index in [2.05, 4.69) is 0 Å². The molecule has 1 aromatic carbocycles. The van der Waals surface area contributed by atoms with Gasteiger partial charge in [0.25, 0.3) is 0 Å². The topological polar surface area (TPSA) is 40.9 Å². The van der Waals surface area contributed by atoms with Crippen LogP contribution < -0.4 is 0 Å². The SMILES string of the molecule is N=[SH](=O)c1ccccc1.c1ccsc1. The molecule has 4 heteroatoms. The normalized spacial score (nSPS) is 11.1. The monoisotopic (exact) mass is 225 g/mol. The number of thiol groups is 1. The zero-order valence-electron chi connectivity index (χ0n) is 7.46. The first-order chi connectivity index (χ1) is 6.80. The van der Waals surface area contributed by atoms with E-state index >= 15 is 0 Å². The molecule has 1 N–H and O–H groups in total. The van der Waals surface area contributed by atoms with Gasteiger partial charge >= 0.3 is 0 Å². The molecule has 1 aromatic heterocycles. The molecule has 2 rings (SSSR count). The number of nitrogens with one attached hydrogen (secondary N) is 1. The van der Waals surface area contributed by atoms with E-state index in [-0.39, 0.29) is 0 Å². The minimum atomic E-state index is -1.90. The zero-order chi connectivity index (χ0) is 10.2. The molecule has 0 spiro atoms. The van der Waals surface area contributed by atoms with Crippen molar-refractivity contribution >= 4 is 21.9 Å². The van der Waals surface area contributed by atoms with Gasteiger partial charge in [0.15, 0.2) is 0 Å². The van der Waals surface area contributed by atoms with Crippen LogP contribution in [0.3, 0.4) is 0 Å². The maximum Gasteiger partial charge on any atom is 0.0616 e. The Kier molecular flexibility index (Phi) is 4.96. The lowest BCUT2D eigenvalue weighted by atomic mass is 10.4. The van der Waals surface area contributed by atoms with Gasteiger partial charge in [-0.05, 0) is 22.9 Å². The average Bonchev–Trinajstić information content (AvgIpc) is 2.77. The number of benzene rings is 1. The van der Waals surface area contributed by atoms with Crippen molar-refractivity contribution in [3.8, 4) is 0 Å². The van der Waals surface area contributed by atoms with Crippen molar-refractivity contribution in [3.05, 3.63) is 53.2 Å². The fraction of sp³-hybridized carbons (Fsp3) is 0. The summed E-state index contributed by atoms with van der Waals surface area (Å²) in [7, 11) is -1.90. The van der Waals surface area contributed by atoms with Crippen molar-refractivity contribution in [1.82, 2.24) is 0 Å². The molecular weight excluding hydrogens is 214 g/mol. The maximum absolute atomic E-state index is 10.5. The highest BCUT2D eigenvalue weighted by atomic mass is 32.2. The Morgan fingerprint density at radius 2 is 1.57 bits per heavy atom. The van der Waals surface area contributed by atoms with Crippen LogP contribution in [0, 0.1) is 4.78 Å². The third-order valence-corrected chi connectivity index (χ3v) is 2.81. The van der Waals surface area contributed by atoms with Crippen molar-refractivity contribution < 1.29 is 4.21 Å². The van der Waals surface area contributed by atoms with Gasteiger partial charge in [0.1, 0.15) is 0 Å². The Labute approximate surface area is 89.2 Å². The van der Waals surface area contributed by atoms with Crippen LogP contribution in [0.2, 0.25) is 0 Å². The molecule has 0 aliphatic carbocycles. The molecule has 0 radical (unpaired) electrons. The van der Waals surface area contributed by atoms with Crippen molar-refractivity contribution in [1.29, 1.82) is 4.78 Å². The summed E-state index contributed by atoms with van der Waals surface area (Å²) >= 11 is 1.71. The molecule has 2 aromatic rings. The smallest absolute Gasteiger partial charge is 0.0616 e. The Morgan fingerprint density at radius 3 is 1.86 bits per heavy atom. The average molecular weight is 225 g/mol. The van der Waals surface area contributed by atoms with Crippen molar-refractivity contribution in [3.63, 3.8) is 0 Å². The third kappa shape index (κ3) is 4.20. The lowest BCUT2D eigenvalue weighted by molar-refractivity contribution is 0.687. The van der Waals surface area contributed by atoms with Crippen molar-refractivity contribution in [2.75, 3.05) is 0 Å². The van der Waals surface area contributed by atoms with Crippen LogP contribution >= 0.6 is 11.3 Å². The zero-order valence-corrected chi connectivity index (χ0v) is 9.17. The molecule has 0 fully saturated rings. The molecule has 2 nitrogen and oxygen atoms in total. The summed E-state index contributed by atoms with van der Waals surface area (Å²) < 4.78 is 17.3. The highest BCUT2D eigenvalue weighted by Gasteiger charge is 1.84. The minimum Gasteiger partial charge on any atom is -0.251 e. The van der Waals surface area contributed by atoms with E-state index in [0.717, 1.165) is 0 Å². The largest absolute Gasteiger partial charge is 0.251 e. The van der Waals surface area contributed by atoms with Crippen LogP contribution in [0.25, 0.3) is 0 Å². The molecule has 0 amide bonds. The van der Waals surface area contributed by atoms with E-state index in [9.17, 15) is 4.21 Å². The van der Waals surface area contributed by atoms with Crippen LogP contribution in [-0.4, -0.2) is 4.21 Å². The van der Waals surface area contributed by atoms with Gasteiger partial charge in [-0.25, -0.2) is 4.21 Å². The first-order valence-electron chi connectivity index (χ1n) is 4.01. The summed E-state index contributed by atoms with van der Waals surface area (Å²) in [5.41, 5.74) is 0. The number of rotatable bonds is 1. The molecule has 1 atom stereocenters. The van der Waals surface area contributed by atoms with Gasteiger partial charge in [0, 0.05) is 4.90 Å². The second-order valence-electron chi connectivity index (χ2n) is 2.42. The van der Waals surface area contributed by atoms with Gasteiger partial charge in [-0.3, -0.25) is 4.78 Å². The van der Waals surface area contributed by atoms with Crippen LogP contribution in [0.15, 0.2) is 58.1 Å². The molecule has 74 valence electrons. The molecule has 0 bridgehead atoms. The lowest BCUT2D eigenvalue weighted by Gasteiger charge is -1.86. The number of thiophene rings is 1. The predicted molar refractivity (Wildman–Crippen MR) is 61.3 cm³/mol. The van der Waals surface area contributed by atoms with E-state index < -0.39 is 10.6 Å². The Hall–Kier alpha value is -1.13. The van der Waals surface area contributed by atoms with Crippen LogP contribution in [-0.2, 0) is 10.6 Å². The molecular formula is C10H11NOS2. The quantitative estimate of drug-likeness (QED) is 0.720. The van der Waals surface area contributed by atoms with Gasteiger partial charge < -0.3 is 0 Å². The van der Waals surface area contributed by atoms with Gasteiger partial charge in [0.05, 0.1) is 10.6 Å². The Bertz CT molecular complexity index is 382. The van der Waals surface area contributed by atoms with Gasteiger partial charge in [-0.1, -0.05) is 30.3 Å². The summed E-state index contributed by atoms with van der Waals surface area (Å²) in [6.07, 6.45) is 0. The highest BCUT2D eigenvalue weighted by Crippen LogP contribution is 1.98. The fourth-order valence-electron chi connectivity index (χ4n) is 0.790. The van der Waals surface area contributed by atoms with E-state index in [0.29, 0.717) is 4.90 Å². The molecule has 1 heterocycles. The minimum absolute atomic E-state index is 0.590. The number of hydrogen-bond acceptors (Lipinski definition) is 3. The third-order valence-electron chi connectivity index (χ3n) is 1.42. The van der Waals surface area contributed by atoms with Gasteiger partial charge in [-0.15, -0.1) is 0 Å². The predicted octanol–water partition coefficient (Wildman–Crippen LogP) is 3.04. The summed E-state index contributed by atoms with van der Waals surface area (Å²) in [6, 6.07) is 12.8. The molecule has 0 saturated carbocycles. The second kappa shape index (κ2) is 6.34. The highest BCUT2D eigenvalue weighted by molar-refractivity contribution is 7.73. The van der Waals surface area contributed by atoms with Gasteiger partial charge in [-0.2, -0.15) is 11.3 Å². The molecule has 0 aliphatic rings. The molecule has 1 unspecified atom stereocenters. The summed E-state index contributed by atoms with van der Waals surface area (Å²) in [5, 5.41) is 4.08. The first-order valence-corrected chi connectivity index (χ1v) is 6.21. The van der Waals surface area contributed by atoms with E-state index in [4.69, 9.17) is 4.78 Å². The van der Waals surface area contributed by atoms with Crippen LogP contribution in [0.1, 0.15) is 0 Å². The van der Waals surface area contributed by atoms with Crippen molar-refractivity contribution in [2.24, 2.45) is 0 Å². The number of hydrogen-bond donors (Lipinski definition) is 2. The van der Waals surface area contributed by atoms with Crippen LogP contribution in [0.4, 0.5) is 0 Å². The molecule has 14 heavy (non-hydrogen) atoms. The molecule has 0 aliphatic heterocycles. The summed E-state index contributed by atoms with van der Waals surface area (Å²) in [5.74, 6) is 0. The maximum atomic E-state index is 10.5.